The summed E-state index contributed by atoms with van der Waals surface area (Å²) in [5, 5.41) is 10.4. The van der Waals surface area contributed by atoms with Gasteiger partial charge in [-0.25, -0.2) is 0 Å². The van der Waals surface area contributed by atoms with Crippen molar-refractivity contribution < 1.29 is 5.11 Å². The fraction of sp³-hybridized carbons (Fsp3) is 0.600. The molecule has 0 radical (unpaired) electrons. The van der Waals surface area contributed by atoms with Gasteiger partial charge < -0.3 is 10.0 Å². The Morgan fingerprint density at radius 2 is 1.67 bits per heavy atom. The van der Waals surface area contributed by atoms with Gasteiger partial charge in [0.05, 0.1) is 6.10 Å². The van der Waals surface area contributed by atoms with Crippen LogP contribution in [0, 0.1) is 5.92 Å². The molecule has 1 saturated carbocycles. The van der Waals surface area contributed by atoms with E-state index in [1.54, 1.807) is 0 Å². The van der Waals surface area contributed by atoms with Crippen LogP contribution in [0.5, 0.6) is 0 Å². The molecule has 100 valence electrons. The van der Waals surface area contributed by atoms with E-state index in [4.69, 9.17) is 11.6 Å². The molecule has 1 unspecified atom stereocenters. The highest BCUT2D eigenvalue weighted by atomic mass is 35.5. The zero-order valence-electron chi connectivity index (χ0n) is 11.1. The van der Waals surface area contributed by atoms with Crippen LogP contribution in [0.1, 0.15) is 37.3 Å². The van der Waals surface area contributed by atoms with Crippen molar-refractivity contribution in [2.45, 2.75) is 37.8 Å². The molecule has 0 aliphatic heterocycles. The standard InChI is InChI=1S/C15H22ClNO/c1-17(2)15(11-3-7-13(16)8-4-11)12-5-9-14(18)10-6-12/h3-4,7-8,12,14-15,18H,5-6,9-10H2,1-2H3. The van der Waals surface area contributed by atoms with Gasteiger partial charge in [0.15, 0.2) is 0 Å². The minimum Gasteiger partial charge on any atom is -0.393 e. The van der Waals surface area contributed by atoms with Crippen LogP contribution in [0.2, 0.25) is 5.02 Å². The predicted octanol–water partition coefficient (Wildman–Crippen LogP) is 3.49. The van der Waals surface area contributed by atoms with E-state index < -0.39 is 0 Å². The Labute approximate surface area is 115 Å². The molecule has 0 saturated heterocycles. The number of aliphatic hydroxyl groups excluding tert-OH is 1. The number of aliphatic hydroxyl groups is 1. The third kappa shape index (κ3) is 3.25. The first-order valence-corrected chi connectivity index (χ1v) is 7.05. The molecule has 0 amide bonds. The first kappa shape index (κ1) is 13.9. The minimum atomic E-state index is -0.0886. The van der Waals surface area contributed by atoms with E-state index in [1.165, 1.54) is 5.56 Å². The first-order valence-electron chi connectivity index (χ1n) is 6.68. The second kappa shape index (κ2) is 6.05. The highest BCUT2D eigenvalue weighted by Gasteiger charge is 2.29. The summed E-state index contributed by atoms with van der Waals surface area (Å²) in [4.78, 5) is 2.28. The van der Waals surface area contributed by atoms with Crippen molar-refractivity contribution in [2.24, 2.45) is 5.92 Å². The predicted molar refractivity (Wildman–Crippen MR) is 75.8 cm³/mol. The van der Waals surface area contributed by atoms with Crippen LogP contribution < -0.4 is 0 Å². The van der Waals surface area contributed by atoms with Crippen LogP contribution in [0.25, 0.3) is 0 Å². The molecule has 2 rings (SSSR count). The van der Waals surface area contributed by atoms with Crippen molar-refractivity contribution in [1.29, 1.82) is 0 Å². The average Bonchev–Trinajstić information content (AvgIpc) is 2.34. The summed E-state index contributed by atoms with van der Waals surface area (Å²) in [6.07, 6.45) is 3.99. The van der Waals surface area contributed by atoms with Crippen LogP contribution in [-0.2, 0) is 0 Å². The first-order chi connectivity index (χ1) is 8.58. The second-order valence-electron chi connectivity index (χ2n) is 5.53. The molecule has 0 spiro atoms. The van der Waals surface area contributed by atoms with Crippen molar-refractivity contribution in [3.8, 4) is 0 Å². The zero-order chi connectivity index (χ0) is 13.1. The largest absolute Gasteiger partial charge is 0.393 e. The molecule has 0 aromatic heterocycles. The maximum absolute atomic E-state index is 9.62. The second-order valence-corrected chi connectivity index (χ2v) is 5.97. The van der Waals surface area contributed by atoms with Crippen molar-refractivity contribution in [3.05, 3.63) is 34.9 Å². The van der Waals surface area contributed by atoms with Gasteiger partial charge in [0.1, 0.15) is 0 Å². The highest BCUT2D eigenvalue weighted by Crippen LogP contribution is 2.37. The molecule has 0 bridgehead atoms. The van der Waals surface area contributed by atoms with E-state index in [-0.39, 0.29) is 6.10 Å². The lowest BCUT2D eigenvalue weighted by atomic mass is 9.79. The van der Waals surface area contributed by atoms with Crippen molar-refractivity contribution in [3.63, 3.8) is 0 Å². The van der Waals surface area contributed by atoms with Gasteiger partial charge in [-0.3, -0.25) is 0 Å². The Kier molecular flexibility index (Phi) is 4.66. The Bertz CT molecular complexity index is 369. The van der Waals surface area contributed by atoms with Crippen LogP contribution in [0.15, 0.2) is 24.3 Å². The molecule has 0 heterocycles. The molecule has 1 aliphatic rings. The Hall–Kier alpha value is -0.570. The molecule has 1 aromatic carbocycles. The van der Waals surface area contributed by atoms with Gasteiger partial charge >= 0.3 is 0 Å². The van der Waals surface area contributed by atoms with E-state index >= 15 is 0 Å². The molecule has 1 atom stereocenters. The number of halogens is 1. The van der Waals surface area contributed by atoms with Crippen LogP contribution >= 0.6 is 11.6 Å². The Morgan fingerprint density at radius 3 is 2.17 bits per heavy atom. The molecule has 18 heavy (non-hydrogen) atoms. The summed E-state index contributed by atoms with van der Waals surface area (Å²) in [7, 11) is 4.26. The third-order valence-electron chi connectivity index (χ3n) is 3.96. The minimum absolute atomic E-state index is 0.0886. The number of hydrogen-bond acceptors (Lipinski definition) is 2. The van der Waals surface area contributed by atoms with Gasteiger partial charge in [-0.1, -0.05) is 23.7 Å². The number of nitrogens with zero attached hydrogens (tertiary/aromatic N) is 1. The van der Waals surface area contributed by atoms with Gasteiger partial charge in [0.2, 0.25) is 0 Å². The maximum atomic E-state index is 9.62. The van der Waals surface area contributed by atoms with Crippen molar-refractivity contribution in [1.82, 2.24) is 4.90 Å². The molecule has 1 aromatic rings. The van der Waals surface area contributed by atoms with Gasteiger partial charge in [0.25, 0.3) is 0 Å². The third-order valence-corrected chi connectivity index (χ3v) is 4.21. The Balaban J connectivity index is 2.15. The summed E-state index contributed by atoms with van der Waals surface area (Å²) in [5.41, 5.74) is 1.32. The molecular weight excluding hydrogens is 246 g/mol. The summed E-state index contributed by atoms with van der Waals surface area (Å²) in [6, 6.07) is 8.60. The monoisotopic (exact) mass is 267 g/mol. The van der Waals surface area contributed by atoms with Gasteiger partial charge in [-0.15, -0.1) is 0 Å². The lowest BCUT2D eigenvalue weighted by Crippen LogP contribution is -2.31. The molecular formula is C15H22ClNO. The maximum Gasteiger partial charge on any atom is 0.0540 e. The normalized spacial score (nSPS) is 26.3. The van der Waals surface area contributed by atoms with Gasteiger partial charge in [-0.2, -0.15) is 0 Å². The Morgan fingerprint density at radius 1 is 1.11 bits per heavy atom. The molecule has 1 aliphatic carbocycles. The van der Waals surface area contributed by atoms with E-state index in [0.717, 1.165) is 30.7 Å². The number of hydrogen-bond donors (Lipinski definition) is 1. The summed E-state index contributed by atoms with van der Waals surface area (Å²) < 4.78 is 0. The smallest absolute Gasteiger partial charge is 0.0540 e. The fourth-order valence-electron chi connectivity index (χ4n) is 3.07. The van der Waals surface area contributed by atoms with E-state index in [9.17, 15) is 5.11 Å². The SMILES string of the molecule is CN(C)C(c1ccc(Cl)cc1)C1CCC(O)CC1. The van der Waals surface area contributed by atoms with Crippen LogP contribution in [0.4, 0.5) is 0 Å². The quantitative estimate of drug-likeness (QED) is 0.906. The van der Waals surface area contributed by atoms with Gasteiger partial charge in [-0.05, 0) is 63.4 Å². The zero-order valence-corrected chi connectivity index (χ0v) is 11.9. The van der Waals surface area contributed by atoms with Crippen molar-refractivity contribution >= 4 is 11.6 Å². The van der Waals surface area contributed by atoms with Gasteiger partial charge in [0, 0.05) is 11.1 Å². The summed E-state index contributed by atoms with van der Waals surface area (Å²) in [6.45, 7) is 0. The molecule has 1 N–H and O–H groups in total. The van der Waals surface area contributed by atoms with Crippen molar-refractivity contribution in [2.75, 3.05) is 14.1 Å². The van der Waals surface area contributed by atoms with Crippen LogP contribution in [-0.4, -0.2) is 30.2 Å². The highest BCUT2D eigenvalue weighted by molar-refractivity contribution is 6.30. The molecule has 2 nitrogen and oxygen atoms in total. The van der Waals surface area contributed by atoms with E-state index in [2.05, 4.69) is 31.1 Å². The number of rotatable bonds is 3. The lowest BCUT2D eigenvalue weighted by molar-refractivity contribution is 0.0779. The molecule has 1 fully saturated rings. The van der Waals surface area contributed by atoms with Crippen LogP contribution in [0.3, 0.4) is 0 Å². The van der Waals surface area contributed by atoms with E-state index in [1.807, 2.05) is 12.1 Å². The summed E-state index contributed by atoms with van der Waals surface area (Å²) >= 11 is 5.95. The topological polar surface area (TPSA) is 23.5 Å². The lowest BCUT2D eigenvalue weighted by Gasteiger charge is -2.36. The summed E-state index contributed by atoms with van der Waals surface area (Å²) in [5.74, 6) is 0.629. The molecule has 3 heteroatoms. The van der Waals surface area contributed by atoms with E-state index in [0.29, 0.717) is 12.0 Å². The number of benzene rings is 1. The fourth-order valence-corrected chi connectivity index (χ4v) is 3.20. The average molecular weight is 268 g/mol.